The second-order valence-corrected chi connectivity index (χ2v) is 4.94. The average molecular weight is 271 g/mol. The molecule has 0 atom stereocenters. The molecule has 0 amide bonds. The van der Waals surface area contributed by atoms with E-state index in [1.165, 1.54) is 18.4 Å². The van der Waals surface area contributed by atoms with Crippen LogP contribution in [-0.4, -0.2) is 9.97 Å². The highest BCUT2D eigenvalue weighted by Crippen LogP contribution is 2.26. The summed E-state index contributed by atoms with van der Waals surface area (Å²) in [7, 11) is 0. The summed E-state index contributed by atoms with van der Waals surface area (Å²) in [6.07, 6.45) is 3.52. The number of nitrogen functional groups attached to an aromatic ring is 1. The lowest BCUT2D eigenvalue weighted by Gasteiger charge is -2.10. The van der Waals surface area contributed by atoms with Crippen LogP contribution < -0.4 is 10.5 Å². The summed E-state index contributed by atoms with van der Waals surface area (Å²) >= 11 is 0. The highest BCUT2D eigenvalue weighted by atomic mass is 16.5. The van der Waals surface area contributed by atoms with E-state index >= 15 is 0 Å². The first-order chi connectivity index (χ1) is 9.60. The third-order valence-corrected chi connectivity index (χ3v) is 3.21. The van der Waals surface area contributed by atoms with Crippen molar-refractivity contribution in [3.63, 3.8) is 0 Å². The zero-order chi connectivity index (χ0) is 14.5. The van der Waals surface area contributed by atoms with Crippen LogP contribution in [0, 0.1) is 13.8 Å². The fraction of sp³-hybridized carbons (Fsp3) is 0.375. The van der Waals surface area contributed by atoms with Crippen molar-refractivity contribution < 1.29 is 4.74 Å². The maximum absolute atomic E-state index is 5.82. The molecule has 1 aromatic carbocycles. The van der Waals surface area contributed by atoms with Gasteiger partial charge in [0.1, 0.15) is 17.4 Å². The second kappa shape index (κ2) is 6.37. The molecule has 0 aliphatic heterocycles. The number of hydrogen-bond acceptors (Lipinski definition) is 4. The Morgan fingerprint density at radius 3 is 2.45 bits per heavy atom. The zero-order valence-corrected chi connectivity index (χ0v) is 12.3. The Bertz CT molecular complexity index is 579. The van der Waals surface area contributed by atoms with Crippen LogP contribution in [0.5, 0.6) is 11.6 Å². The standard InChI is InChI=1S/C16H21N3O/c1-4-5-6-13-7-9-14(10-8-13)20-16-11(2)15(17)18-12(3)19-16/h7-10H,4-6H2,1-3H3,(H2,17,18,19). The number of rotatable bonds is 5. The third-order valence-electron chi connectivity index (χ3n) is 3.21. The summed E-state index contributed by atoms with van der Waals surface area (Å²) in [5, 5.41) is 0. The molecule has 4 nitrogen and oxygen atoms in total. The van der Waals surface area contributed by atoms with Gasteiger partial charge >= 0.3 is 0 Å². The highest BCUT2D eigenvalue weighted by Gasteiger charge is 2.08. The smallest absolute Gasteiger partial charge is 0.227 e. The van der Waals surface area contributed by atoms with Crippen molar-refractivity contribution in [2.45, 2.75) is 40.0 Å². The molecule has 0 aliphatic carbocycles. The van der Waals surface area contributed by atoms with Crippen LogP contribution in [0.4, 0.5) is 5.82 Å². The number of benzene rings is 1. The summed E-state index contributed by atoms with van der Waals surface area (Å²) in [6, 6.07) is 8.13. The van der Waals surface area contributed by atoms with Crippen molar-refractivity contribution in [2.24, 2.45) is 0 Å². The topological polar surface area (TPSA) is 61.0 Å². The molecule has 2 rings (SSSR count). The molecule has 106 valence electrons. The SMILES string of the molecule is CCCCc1ccc(Oc2nc(C)nc(N)c2C)cc1. The molecule has 1 aromatic heterocycles. The number of hydrogen-bond donors (Lipinski definition) is 1. The zero-order valence-electron chi connectivity index (χ0n) is 12.3. The van der Waals surface area contributed by atoms with Crippen LogP contribution in [0.15, 0.2) is 24.3 Å². The Morgan fingerprint density at radius 2 is 1.80 bits per heavy atom. The highest BCUT2D eigenvalue weighted by molar-refractivity contribution is 5.45. The van der Waals surface area contributed by atoms with Crippen LogP contribution in [0.25, 0.3) is 0 Å². The molecule has 1 heterocycles. The van der Waals surface area contributed by atoms with Crippen molar-refractivity contribution in [3.05, 3.63) is 41.2 Å². The number of unbranched alkanes of at least 4 members (excludes halogenated alkanes) is 1. The first-order valence-corrected chi connectivity index (χ1v) is 6.97. The minimum absolute atomic E-state index is 0.465. The van der Waals surface area contributed by atoms with E-state index in [4.69, 9.17) is 10.5 Å². The minimum Gasteiger partial charge on any atom is -0.439 e. The Hall–Kier alpha value is -2.10. The van der Waals surface area contributed by atoms with Gasteiger partial charge in [0.15, 0.2) is 0 Å². The van der Waals surface area contributed by atoms with E-state index in [1.54, 1.807) is 6.92 Å². The molecule has 0 radical (unpaired) electrons. The fourth-order valence-electron chi connectivity index (χ4n) is 1.94. The number of nitrogens with two attached hydrogens (primary N) is 1. The molecular weight excluding hydrogens is 250 g/mol. The number of anilines is 1. The van der Waals surface area contributed by atoms with E-state index in [-0.39, 0.29) is 0 Å². The van der Waals surface area contributed by atoms with Crippen LogP contribution in [-0.2, 0) is 6.42 Å². The van der Waals surface area contributed by atoms with Crippen LogP contribution >= 0.6 is 0 Å². The Labute approximate surface area is 120 Å². The third kappa shape index (κ3) is 3.47. The average Bonchev–Trinajstić information content (AvgIpc) is 2.43. The minimum atomic E-state index is 0.465. The summed E-state index contributed by atoms with van der Waals surface area (Å²) in [6.45, 7) is 5.86. The summed E-state index contributed by atoms with van der Waals surface area (Å²) in [5.74, 6) is 2.37. The maximum atomic E-state index is 5.82. The van der Waals surface area contributed by atoms with Gasteiger partial charge in [0.05, 0.1) is 5.56 Å². The van der Waals surface area contributed by atoms with Gasteiger partial charge in [-0.25, -0.2) is 4.98 Å². The summed E-state index contributed by atoms with van der Waals surface area (Å²) in [5.41, 5.74) is 7.92. The predicted octanol–water partition coefficient (Wildman–Crippen LogP) is 3.81. The maximum Gasteiger partial charge on any atom is 0.227 e. The van der Waals surface area contributed by atoms with E-state index in [1.807, 2.05) is 19.1 Å². The lowest BCUT2D eigenvalue weighted by molar-refractivity contribution is 0.456. The molecule has 0 aliphatic rings. The van der Waals surface area contributed by atoms with Crippen molar-refractivity contribution >= 4 is 5.82 Å². The molecule has 0 unspecified atom stereocenters. The van der Waals surface area contributed by atoms with Crippen molar-refractivity contribution in [2.75, 3.05) is 5.73 Å². The van der Waals surface area contributed by atoms with E-state index in [9.17, 15) is 0 Å². The fourth-order valence-corrected chi connectivity index (χ4v) is 1.94. The van der Waals surface area contributed by atoms with Crippen molar-refractivity contribution in [3.8, 4) is 11.6 Å². The van der Waals surface area contributed by atoms with Gasteiger partial charge < -0.3 is 10.5 Å². The molecular formula is C16H21N3O. The van der Waals surface area contributed by atoms with Crippen LogP contribution in [0.1, 0.15) is 36.7 Å². The quantitative estimate of drug-likeness (QED) is 0.898. The van der Waals surface area contributed by atoms with Gasteiger partial charge in [-0.3, -0.25) is 0 Å². The van der Waals surface area contributed by atoms with Gasteiger partial charge in [0.25, 0.3) is 0 Å². The monoisotopic (exact) mass is 271 g/mol. The van der Waals surface area contributed by atoms with E-state index < -0.39 is 0 Å². The van der Waals surface area contributed by atoms with Crippen LogP contribution in [0.3, 0.4) is 0 Å². The van der Waals surface area contributed by atoms with Gasteiger partial charge in [-0.15, -0.1) is 0 Å². The molecule has 0 saturated heterocycles. The number of nitrogens with zero attached hydrogens (tertiary/aromatic N) is 2. The molecule has 0 bridgehead atoms. The van der Waals surface area contributed by atoms with Crippen LogP contribution in [0.2, 0.25) is 0 Å². The lowest BCUT2D eigenvalue weighted by atomic mass is 10.1. The predicted molar refractivity (Wildman–Crippen MR) is 81.0 cm³/mol. The Kier molecular flexibility index (Phi) is 4.56. The lowest BCUT2D eigenvalue weighted by Crippen LogP contribution is -2.02. The van der Waals surface area contributed by atoms with Gasteiger partial charge in [0, 0.05) is 0 Å². The molecule has 0 spiro atoms. The number of aryl methyl sites for hydroxylation is 2. The summed E-state index contributed by atoms with van der Waals surface area (Å²) in [4.78, 5) is 8.40. The van der Waals surface area contributed by atoms with E-state index in [2.05, 4.69) is 29.0 Å². The molecule has 4 heteroatoms. The molecule has 0 fully saturated rings. The van der Waals surface area contributed by atoms with Crippen molar-refractivity contribution in [1.29, 1.82) is 0 Å². The first kappa shape index (κ1) is 14.3. The first-order valence-electron chi connectivity index (χ1n) is 6.97. The van der Waals surface area contributed by atoms with Gasteiger partial charge in [-0.2, -0.15) is 4.98 Å². The van der Waals surface area contributed by atoms with Gasteiger partial charge in [-0.05, 0) is 44.4 Å². The molecule has 20 heavy (non-hydrogen) atoms. The number of ether oxygens (including phenoxy) is 1. The van der Waals surface area contributed by atoms with E-state index in [0.717, 1.165) is 17.7 Å². The largest absolute Gasteiger partial charge is 0.439 e. The number of aromatic nitrogens is 2. The van der Waals surface area contributed by atoms with Crippen molar-refractivity contribution in [1.82, 2.24) is 9.97 Å². The normalized spacial score (nSPS) is 10.6. The van der Waals surface area contributed by atoms with E-state index in [0.29, 0.717) is 17.5 Å². The second-order valence-electron chi connectivity index (χ2n) is 4.94. The molecule has 0 saturated carbocycles. The summed E-state index contributed by atoms with van der Waals surface area (Å²) < 4.78 is 5.80. The Balaban J connectivity index is 2.14. The van der Waals surface area contributed by atoms with Gasteiger partial charge in [-0.1, -0.05) is 25.5 Å². The molecule has 2 aromatic rings. The Morgan fingerprint density at radius 1 is 1.10 bits per heavy atom. The van der Waals surface area contributed by atoms with Gasteiger partial charge in [0.2, 0.25) is 5.88 Å². The molecule has 2 N–H and O–H groups in total.